The van der Waals surface area contributed by atoms with Gasteiger partial charge in [0.1, 0.15) is 17.5 Å². The summed E-state index contributed by atoms with van der Waals surface area (Å²) in [6.45, 7) is 3.51. The maximum atomic E-state index is 12.3. The number of piperidine rings is 1. The molecular formula is C18H21N3O2. The van der Waals surface area contributed by atoms with Gasteiger partial charge in [0.2, 0.25) is 0 Å². The monoisotopic (exact) mass is 311 g/mol. The number of hydrogen-bond acceptors (Lipinski definition) is 4. The first-order chi connectivity index (χ1) is 11.3. The average molecular weight is 311 g/mol. The quantitative estimate of drug-likeness (QED) is 0.871. The number of nitrogens with zero attached hydrogens (tertiary/aromatic N) is 3. The molecule has 23 heavy (non-hydrogen) atoms. The number of hydrogen-bond donors (Lipinski definition) is 0. The summed E-state index contributed by atoms with van der Waals surface area (Å²) in [5.41, 5.74) is 1.68. The molecule has 5 nitrogen and oxygen atoms in total. The molecule has 5 heteroatoms. The number of likely N-dealkylation sites (tertiary alicyclic amines) is 1. The Bertz CT molecular complexity index is 652. The Balaban J connectivity index is 1.55. The van der Waals surface area contributed by atoms with E-state index in [0.717, 1.165) is 25.0 Å². The molecule has 0 spiro atoms. The molecule has 1 aliphatic rings. The van der Waals surface area contributed by atoms with Crippen molar-refractivity contribution in [1.82, 2.24) is 14.9 Å². The molecule has 3 rings (SSSR count). The number of aryl methyl sites for hydroxylation is 1. The fourth-order valence-electron chi connectivity index (χ4n) is 2.78. The number of carbonyl (C=O) groups is 1. The molecule has 2 heterocycles. The molecular weight excluding hydrogens is 290 g/mol. The second kappa shape index (κ2) is 7.22. The summed E-state index contributed by atoms with van der Waals surface area (Å²) in [5.74, 6) is 0.868. The van der Waals surface area contributed by atoms with Gasteiger partial charge in [0.05, 0.1) is 6.20 Å². The molecule has 1 aromatic heterocycles. The van der Waals surface area contributed by atoms with Gasteiger partial charge in [-0.2, -0.15) is 0 Å². The third kappa shape index (κ3) is 3.86. The predicted octanol–water partition coefficient (Wildman–Crippen LogP) is 2.72. The van der Waals surface area contributed by atoms with Gasteiger partial charge < -0.3 is 9.64 Å². The minimum atomic E-state index is -0.0514. The molecule has 0 radical (unpaired) electrons. The van der Waals surface area contributed by atoms with Gasteiger partial charge in [-0.1, -0.05) is 19.1 Å². The normalized spacial score (nSPS) is 15.4. The van der Waals surface area contributed by atoms with Crippen molar-refractivity contribution in [2.75, 3.05) is 13.1 Å². The van der Waals surface area contributed by atoms with E-state index in [-0.39, 0.29) is 12.0 Å². The van der Waals surface area contributed by atoms with Crippen molar-refractivity contribution in [3.05, 3.63) is 54.1 Å². The summed E-state index contributed by atoms with van der Waals surface area (Å²) >= 11 is 0. The van der Waals surface area contributed by atoms with Crippen LogP contribution in [0.3, 0.4) is 0 Å². The van der Waals surface area contributed by atoms with E-state index in [0.29, 0.717) is 18.8 Å². The molecule has 0 saturated carbocycles. The SMILES string of the molecule is CCc1cccc(OC2CCN(C(=O)c3cnccn3)CC2)c1. The lowest BCUT2D eigenvalue weighted by molar-refractivity contribution is 0.0589. The molecule has 1 saturated heterocycles. The maximum absolute atomic E-state index is 12.3. The van der Waals surface area contributed by atoms with E-state index in [2.05, 4.69) is 29.0 Å². The van der Waals surface area contributed by atoms with Crippen LogP contribution >= 0.6 is 0 Å². The zero-order chi connectivity index (χ0) is 16.1. The minimum Gasteiger partial charge on any atom is -0.490 e. The van der Waals surface area contributed by atoms with E-state index in [1.165, 1.54) is 11.8 Å². The predicted molar refractivity (Wildman–Crippen MR) is 87.4 cm³/mol. The smallest absolute Gasteiger partial charge is 0.274 e. The van der Waals surface area contributed by atoms with Crippen LogP contribution in [0.4, 0.5) is 0 Å². The van der Waals surface area contributed by atoms with Crippen molar-refractivity contribution in [2.45, 2.75) is 32.3 Å². The highest BCUT2D eigenvalue weighted by Gasteiger charge is 2.25. The standard InChI is InChI=1S/C18H21N3O2/c1-2-14-4-3-5-16(12-14)23-15-6-10-21(11-7-15)18(22)17-13-19-8-9-20-17/h3-5,8-9,12-13,15H,2,6-7,10-11H2,1H3. The number of aromatic nitrogens is 2. The summed E-state index contributed by atoms with van der Waals surface area (Å²) in [7, 11) is 0. The average Bonchev–Trinajstić information content (AvgIpc) is 2.63. The van der Waals surface area contributed by atoms with E-state index in [9.17, 15) is 4.79 Å². The van der Waals surface area contributed by atoms with Crippen LogP contribution in [-0.2, 0) is 6.42 Å². The van der Waals surface area contributed by atoms with Crippen molar-refractivity contribution in [3.8, 4) is 5.75 Å². The van der Waals surface area contributed by atoms with E-state index < -0.39 is 0 Å². The zero-order valence-corrected chi connectivity index (χ0v) is 13.3. The topological polar surface area (TPSA) is 55.3 Å². The molecule has 0 aliphatic carbocycles. The van der Waals surface area contributed by atoms with E-state index in [4.69, 9.17) is 4.74 Å². The number of ether oxygens (including phenoxy) is 1. The first-order valence-corrected chi connectivity index (χ1v) is 8.07. The Labute approximate surface area is 136 Å². The Kier molecular flexibility index (Phi) is 4.86. The number of rotatable bonds is 4. The van der Waals surface area contributed by atoms with Crippen molar-refractivity contribution >= 4 is 5.91 Å². The molecule has 0 atom stereocenters. The van der Waals surface area contributed by atoms with E-state index in [1.54, 1.807) is 12.4 Å². The van der Waals surface area contributed by atoms with Gasteiger partial charge in [0, 0.05) is 38.3 Å². The molecule has 0 unspecified atom stereocenters. The van der Waals surface area contributed by atoms with Crippen LogP contribution in [0.1, 0.15) is 35.8 Å². The molecule has 120 valence electrons. The van der Waals surface area contributed by atoms with Gasteiger partial charge in [-0.25, -0.2) is 4.98 Å². The van der Waals surface area contributed by atoms with E-state index >= 15 is 0 Å². The van der Waals surface area contributed by atoms with Gasteiger partial charge in [0.25, 0.3) is 5.91 Å². The third-order valence-electron chi connectivity index (χ3n) is 4.12. The summed E-state index contributed by atoms with van der Waals surface area (Å²) in [6.07, 6.45) is 7.46. The number of carbonyl (C=O) groups excluding carboxylic acids is 1. The second-order valence-electron chi connectivity index (χ2n) is 5.70. The Hall–Kier alpha value is -2.43. The first-order valence-electron chi connectivity index (χ1n) is 8.07. The lowest BCUT2D eigenvalue weighted by Gasteiger charge is -2.32. The third-order valence-corrected chi connectivity index (χ3v) is 4.12. The second-order valence-corrected chi connectivity index (χ2v) is 5.70. The molecule has 1 amide bonds. The van der Waals surface area contributed by atoms with Gasteiger partial charge in [-0.15, -0.1) is 0 Å². The lowest BCUT2D eigenvalue weighted by Crippen LogP contribution is -2.42. The summed E-state index contributed by atoms with van der Waals surface area (Å²) in [6, 6.07) is 8.23. The summed E-state index contributed by atoms with van der Waals surface area (Å²) < 4.78 is 6.07. The highest BCUT2D eigenvalue weighted by molar-refractivity contribution is 5.92. The van der Waals surface area contributed by atoms with Gasteiger partial charge in [-0.05, 0) is 24.1 Å². The largest absolute Gasteiger partial charge is 0.490 e. The van der Waals surface area contributed by atoms with Crippen LogP contribution in [0.15, 0.2) is 42.9 Å². The van der Waals surface area contributed by atoms with Crippen LogP contribution in [-0.4, -0.2) is 40.0 Å². The van der Waals surface area contributed by atoms with Crippen LogP contribution in [0.25, 0.3) is 0 Å². The van der Waals surface area contributed by atoms with Crippen molar-refractivity contribution < 1.29 is 9.53 Å². The van der Waals surface area contributed by atoms with Crippen molar-refractivity contribution in [1.29, 1.82) is 0 Å². The Morgan fingerprint density at radius 2 is 2.13 bits per heavy atom. The number of benzene rings is 1. The van der Waals surface area contributed by atoms with Crippen molar-refractivity contribution in [2.24, 2.45) is 0 Å². The Morgan fingerprint density at radius 1 is 1.30 bits per heavy atom. The fraction of sp³-hybridized carbons (Fsp3) is 0.389. The fourth-order valence-corrected chi connectivity index (χ4v) is 2.78. The molecule has 0 bridgehead atoms. The summed E-state index contributed by atoms with van der Waals surface area (Å²) in [5, 5.41) is 0. The molecule has 1 aromatic carbocycles. The first kappa shape index (κ1) is 15.5. The van der Waals surface area contributed by atoms with Crippen LogP contribution in [0.5, 0.6) is 5.75 Å². The molecule has 1 fully saturated rings. The van der Waals surface area contributed by atoms with Gasteiger partial charge >= 0.3 is 0 Å². The van der Waals surface area contributed by atoms with Crippen LogP contribution in [0, 0.1) is 0 Å². The molecule has 0 N–H and O–H groups in total. The molecule has 2 aromatic rings. The van der Waals surface area contributed by atoms with Gasteiger partial charge in [0.15, 0.2) is 0 Å². The highest BCUT2D eigenvalue weighted by Crippen LogP contribution is 2.21. The lowest BCUT2D eigenvalue weighted by atomic mass is 10.1. The minimum absolute atomic E-state index is 0.0514. The van der Waals surface area contributed by atoms with Crippen LogP contribution < -0.4 is 4.74 Å². The highest BCUT2D eigenvalue weighted by atomic mass is 16.5. The molecule has 1 aliphatic heterocycles. The zero-order valence-electron chi connectivity index (χ0n) is 13.3. The number of amides is 1. The van der Waals surface area contributed by atoms with E-state index in [1.807, 2.05) is 17.0 Å². The van der Waals surface area contributed by atoms with Crippen molar-refractivity contribution in [3.63, 3.8) is 0 Å². The van der Waals surface area contributed by atoms with Crippen LogP contribution in [0.2, 0.25) is 0 Å². The van der Waals surface area contributed by atoms with Gasteiger partial charge in [-0.3, -0.25) is 9.78 Å². The maximum Gasteiger partial charge on any atom is 0.274 e. The summed E-state index contributed by atoms with van der Waals surface area (Å²) in [4.78, 5) is 22.2. The Morgan fingerprint density at radius 3 is 2.83 bits per heavy atom.